The molecule has 7 nitrogen and oxygen atoms in total. The van der Waals surface area contributed by atoms with E-state index in [1.165, 1.54) is 18.4 Å². The molecule has 2 amide bonds. The summed E-state index contributed by atoms with van der Waals surface area (Å²) in [4.78, 5) is 34.8. The SMILES string of the molecule is COCC(C)(CC(=O)O)NC(=O)CNC(=O)c1cccs1. The Bertz CT molecular complexity index is 503. The molecular formula is C13H18N2O5S. The lowest BCUT2D eigenvalue weighted by Gasteiger charge is -2.28. The van der Waals surface area contributed by atoms with Gasteiger partial charge in [-0.05, 0) is 18.4 Å². The number of thiophene rings is 1. The van der Waals surface area contributed by atoms with Crippen molar-refractivity contribution in [3.63, 3.8) is 0 Å². The van der Waals surface area contributed by atoms with E-state index in [1.54, 1.807) is 24.4 Å². The molecule has 116 valence electrons. The molecule has 1 unspecified atom stereocenters. The quantitative estimate of drug-likeness (QED) is 0.647. The maximum absolute atomic E-state index is 11.8. The average Bonchev–Trinajstić information content (AvgIpc) is 2.88. The normalized spacial score (nSPS) is 13.2. The molecule has 0 radical (unpaired) electrons. The number of carbonyl (C=O) groups excluding carboxylic acids is 2. The smallest absolute Gasteiger partial charge is 0.305 e. The summed E-state index contributed by atoms with van der Waals surface area (Å²) in [6.07, 6.45) is -0.272. The van der Waals surface area contributed by atoms with E-state index in [0.29, 0.717) is 4.88 Å². The number of amides is 2. The highest BCUT2D eigenvalue weighted by molar-refractivity contribution is 7.12. The van der Waals surface area contributed by atoms with Gasteiger partial charge < -0.3 is 20.5 Å². The van der Waals surface area contributed by atoms with Crippen LogP contribution in [-0.2, 0) is 14.3 Å². The molecule has 8 heteroatoms. The second kappa shape index (κ2) is 7.75. The van der Waals surface area contributed by atoms with Gasteiger partial charge in [0.15, 0.2) is 0 Å². The predicted molar refractivity (Wildman–Crippen MR) is 77.3 cm³/mol. The summed E-state index contributed by atoms with van der Waals surface area (Å²) in [5.74, 6) is -1.86. The van der Waals surface area contributed by atoms with Crippen molar-refractivity contribution >= 4 is 29.1 Å². The maximum Gasteiger partial charge on any atom is 0.305 e. The van der Waals surface area contributed by atoms with Gasteiger partial charge in [0.05, 0.1) is 30.0 Å². The number of carbonyl (C=O) groups is 3. The summed E-state index contributed by atoms with van der Waals surface area (Å²) >= 11 is 1.27. The third-order valence-corrected chi connectivity index (χ3v) is 3.47. The minimum Gasteiger partial charge on any atom is -0.481 e. The molecule has 21 heavy (non-hydrogen) atoms. The molecular weight excluding hydrogens is 296 g/mol. The molecule has 0 spiro atoms. The predicted octanol–water partition coefficient (Wildman–Crippen LogP) is 0.474. The third kappa shape index (κ3) is 5.92. The largest absolute Gasteiger partial charge is 0.481 e. The van der Waals surface area contributed by atoms with E-state index in [9.17, 15) is 14.4 Å². The highest BCUT2D eigenvalue weighted by Crippen LogP contribution is 2.10. The van der Waals surface area contributed by atoms with Gasteiger partial charge in [0.2, 0.25) is 5.91 Å². The number of carboxylic acid groups (broad SMARTS) is 1. The van der Waals surface area contributed by atoms with Gasteiger partial charge in [-0.25, -0.2) is 0 Å². The summed E-state index contributed by atoms with van der Waals surface area (Å²) in [5.41, 5.74) is -1.02. The fourth-order valence-electron chi connectivity index (χ4n) is 1.82. The second-order valence-electron chi connectivity index (χ2n) is 4.77. The number of hydrogen-bond acceptors (Lipinski definition) is 5. The van der Waals surface area contributed by atoms with Crippen LogP contribution in [0.2, 0.25) is 0 Å². The summed E-state index contributed by atoms with van der Waals surface area (Å²) in [6.45, 7) is 1.41. The van der Waals surface area contributed by atoms with Gasteiger partial charge in [-0.15, -0.1) is 11.3 Å². The molecule has 3 N–H and O–H groups in total. The van der Waals surface area contributed by atoms with Gasteiger partial charge in [-0.1, -0.05) is 6.07 Å². The molecule has 0 aliphatic carbocycles. The van der Waals surface area contributed by atoms with Crippen LogP contribution in [0.25, 0.3) is 0 Å². The Labute approximate surface area is 126 Å². The first kappa shape index (κ1) is 17.1. The maximum atomic E-state index is 11.8. The van der Waals surface area contributed by atoms with E-state index in [1.807, 2.05) is 0 Å². The van der Waals surface area contributed by atoms with Crippen molar-refractivity contribution in [2.45, 2.75) is 18.9 Å². The van der Waals surface area contributed by atoms with E-state index >= 15 is 0 Å². The third-order valence-electron chi connectivity index (χ3n) is 2.60. The van der Waals surface area contributed by atoms with E-state index in [0.717, 1.165) is 0 Å². The molecule has 1 aromatic heterocycles. The average molecular weight is 314 g/mol. The van der Waals surface area contributed by atoms with E-state index < -0.39 is 17.4 Å². The van der Waals surface area contributed by atoms with Gasteiger partial charge in [-0.2, -0.15) is 0 Å². The summed E-state index contributed by atoms with van der Waals surface area (Å²) in [6, 6.07) is 3.39. The molecule has 0 fully saturated rings. The first-order chi connectivity index (χ1) is 9.86. The molecule has 0 aliphatic heterocycles. The number of nitrogens with one attached hydrogen (secondary N) is 2. The molecule has 1 rings (SSSR count). The molecule has 0 bridgehead atoms. The lowest BCUT2D eigenvalue weighted by Crippen LogP contribution is -2.53. The monoisotopic (exact) mass is 314 g/mol. The van der Waals surface area contributed by atoms with Gasteiger partial charge in [0, 0.05) is 7.11 Å². The van der Waals surface area contributed by atoms with E-state index in [4.69, 9.17) is 9.84 Å². The fourth-order valence-corrected chi connectivity index (χ4v) is 2.46. The Morgan fingerprint density at radius 3 is 2.67 bits per heavy atom. The van der Waals surface area contributed by atoms with Crippen LogP contribution in [-0.4, -0.2) is 48.7 Å². The van der Waals surface area contributed by atoms with Crippen LogP contribution in [0, 0.1) is 0 Å². The standard InChI is InChI=1S/C13H18N2O5S/c1-13(8-20-2,6-11(17)18)15-10(16)7-14-12(19)9-4-3-5-21-9/h3-5H,6-8H2,1-2H3,(H,14,19)(H,15,16)(H,17,18). The Morgan fingerprint density at radius 2 is 2.14 bits per heavy atom. The molecule has 0 aliphatic rings. The molecule has 1 atom stereocenters. The summed E-state index contributed by atoms with van der Waals surface area (Å²) < 4.78 is 4.93. The first-order valence-electron chi connectivity index (χ1n) is 6.20. The van der Waals surface area contributed by atoms with Crippen molar-refractivity contribution < 1.29 is 24.2 Å². The zero-order valence-electron chi connectivity index (χ0n) is 11.8. The number of methoxy groups -OCH3 is 1. The molecule has 1 heterocycles. The highest BCUT2D eigenvalue weighted by Gasteiger charge is 2.29. The van der Waals surface area contributed by atoms with Crippen molar-refractivity contribution in [3.05, 3.63) is 22.4 Å². The van der Waals surface area contributed by atoms with Crippen LogP contribution in [0.5, 0.6) is 0 Å². The van der Waals surface area contributed by atoms with Crippen molar-refractivity contribution in [2.24, 2.45) is 0 Å². The van der Waals surface area contributed by atoms with Crippen LogP contribution >= 0.6 is 11.3 Å². The first-order valence-corrected chi connectivity index (χ1v) is 7.08. The molecule has 0 aromatic carbocycles. The van der Waals surface area contributed by atoms with Gasteiger partial charge in [-0.3, -0.25) is 14.4 Å². The number of carboxylic acids is 1. The van der Waals surface area contributed by atoms with Crippen LogP contribution in [0.15, 0.2) is 17.5 Å². The lowest BCUT2D eigenvalue weighted by molar-refractivity contribution is -0.139. The number of hydrogen-bond donors (Lipinski definition) is 3. The Morgan fingerprint density at radius 1 is 1.43 bits per heavy atom. The summed E-state index contributed by atoms with van der Waals surface area (Å²) in [7, 11) is 1.42. The van der Waals surface area contributed by atoms with Crippen LogP contribution < -0.4 is 10.6 Å². The van der Waals surface area contributed by atoms with Gasteiger partial charge in [0.25, 0.3) is 5.91 Å². The van der Waals surface area contributed by atoms with Crippen molar-refractivity contribution in [1.29, 1.82) is 0 Å². The fraction of sp³-hybridized carbons (Fsp3) is 0.462. The van der Waals surface area contributed by atoms with E-state index in [2.05, 4.69) is 10.6 Å². The Hall–Kier alpha value is -1.93. The second-order valence-corrected chi connectivity index (χ2v) is 5.72. The highest BCUT2D eigenvalue weighted by atomic mass is 32.1. The van der Waals surface area contributed by atoms with Gasteiger partial charge in [0.1, 0.15) is 0 Å². The Kier molecular flexibility index (Phi) is 6.32. The van der Waals surface area contributed by atoms with Crippen LogP contribution in [0.1, 0.15) is 23.0 Å². The van der Waals surface area contributed by atoms with Crippen LogP contribution in [0.3, 0.4) is 0 Å². The molecule has 0 saturated heterocycles. The lowest BCUT2D eigenvalue weighted by atomic mass is 9.99. The minimum atomic E-state index is -1.04. The molecule has 1 aromatic rings. The van der Waals surface area contributed by atoms with Crippen LogP contribution in [0.4, 0.5) is 0 Å². The molecule has 0 saturated carbocycles. The minimum absolute atomic E-state index is 0.0594. The zero-order chi connectivity index (χ0) is 15.9. The van der Waals surface area contributed by atoms with E-state index in [-0.39, 0.29) is 25.5 Å². The number of aliphatic carboxylic acids is 1. The zero-order valence-corrected chi connectivity index (χ0v) is 12.7. The summed E-state index contributed by atoms with van der Waals surface area (Å²) in [5, 5.41) is 15.7. The van der Waals surface area contributed by atoms with Crippen molar-refractivity contribution in [2.75, 3.05) is 20.3 Å². The topological polar surface area (TPSA) is 105 Å². The Balaban J connectivity index is 2.50. The van der Waals surface area contributed by atoms with Crippen molar-refractivity contribution in [3.8, 4) is 0 Å². The number of rotatable bonds is 8. The van der Waals surface area contributed by atoms with Crippen molar-refractivity contribution in [1.82, 2.24) is 10.6 Å². The van der Waals surface area contributed by atoms with Gasteiger partial charge >= 0.3 is 5.97 Å². The number of ether oxygens (including phenoxy) is 1.